The second kappa shape index (κ2) is 5.87. The predicted molar refractivity (Wildman–Crippen MR) is 78.3 cm³/mol. The number of anilines is 1. The monoisotopic (exact) mass is 339 g/mol. The molecular weight excluding hydrogens is 321 g/mol. The predicted octanol–water partition coefficient (Wildman–Crippen LogP) is 0.213. The van der Waals surface area contributed by atoms with E-state index in [1.54, 1.807) is 13.8 Å². The minimum atomic E-state index is -3.92. The highest BCUT2D eigenvalue weighted by Gasteiger charge is 2.20. The van der Waals surface area contributed by atoms with E-state index >= 15 is 0 Å². The second-order valence-electron chi connectivity index (χ2n) is 5.33. The smallest absolute Gasteiger partial charge is 0.240 e. The summed E-state index contributed by atoms with van der Waals surface area (Å²) in [5, 5.41) is 0. The van der Waals surface area contributed by atoms with Gasteiger partial charge in [0, 0.05) is 12.1 Å². The van der Waals surface area contributed by atoms with Crippen molar-refractivity contribution in [3.8, 4) is 0 Å². The second-order valence-corrected chi connectivity index (χ2v) is 8.84. The Labute approximate surface area is 123 Å². The summed E-state index contributed by atoms with van der Waals surface area (Å²) in [5.74, 6) is -0.990. The van der Waals surface area contributed by atoms with E-state index in [4.69, 9.17) is 5.73 Å². The molecule has 0 aliphatic heterocycles. The van der Waals surface area contributed by atoms with Crippen molar-refractivity contribution in [2.45, 2.75) is 24.3 Å². The Kier molecular flexibility index (Phi) is 4.98. The number of rotatable bonds is 6. The van der Waals surface area contributed by atoms with Gasteiger partial charge in [0.25, 0.3) is 0 Å². The Hall–Kier alpha value is -1.23. The Bertz CT molecular complexity index is 724. The van der Waals surface area contributed by atoms with Gasteiger partial charge in [-0.05, 0) is 32.0 Å². The molecular formula is C11H18FN3O4S2. The van der Waals surface area contributed by atoms with E-state index in [9.17, 15) is 21.2 Å². The van der Waals surface area contributed by atoms with E-state index in [0.717, 1.165) is 24.5 Å². The van der Waals surface area contributed by atoms with Crippen molar-refractivity contribution < 1.29 is 21.2 Å². The molecule has 0 amide bonds. The van der Waals surface area contributed by atoms with E-state index in [1.807, 2.05) is 4.72 Å². The van der Waals surface area contributed by atoms with Crippen molar-refractivity contribution in [2.75, 3.05) is 17.5 Å². The third-order valence-corrected chi connectivity index (χ3v) is 4.25. The van der Waals surface area contributed by atoms with Crippen molar-refractivity contribution >= 4 is 25.7 Å². The lowest BCUT2D eigenvalue weighted by atomic mass is 10.1. The molecule has 0 saturated heterocycles. The maximum atomic E-state index is 13.7. The number of hydrogen-bond donors (Lipinski definition) is 3. The van der Waals surface area contributed by atoms with Gasteiger partial charge in [0.05, 0.1) is 16.8 Å². The van der Waals surface area contributed by atoms with Crippen LogP contribution in [0.2, 0.25) is 0 Å². The van der Waals surface area contributed by atoms with Crippen LogP contribution in [-0.2, 0) is 20.0 Å². The first-order valence-corrected chi connectivity index (χ1v) is 9.23. The van der Waals surface area contributed by atoms with Crippen molar-refractivity contribution in [1.82, 2.24) is 4.72 Å². The third-order valence-electron chi connectivity index (χ3n) is 2.26. The van der Waals surface area contributed by atoms with Crippen molar-refractivity contribution in [1.29, 1.82) is 0 Å². The highest BCUT2D eigenvalue weighted by atomic mass is 32.2. The SMILES string of the molecule is CC(C)(N)CNS(=O)(=O)c1ccc(NS(C)(=O)=O)c(F)c1. The lowest BCUT2D eigenvalue weighted by Crippen LogP contribution is -2.45. The fourth-order valence-electron chi connectivity index (χ4n) is 1.31. The number of hydrogen-bond acceptors (Lipinski definition) is 5. The quantitative estimate of drug-likeness (QED) is 0.685. The van der Waals surface area contributed by atoms with Crippen LogP contribution in [0.3, 0.4) is 0 Å². The largest absolute Gasteiger partial charge is 0.324 e. The molecule has 0 spiro atoms. The molecule has 1 rings (SSSR count). The first kappa shape index (κ1) is 17.8. The minimum absolute atomic E-state index is 0.0275. The molecule has 0 aromatic heterocycles. The van der Waals surface area contributed by atoms with Gasteiger partial charge in [0.2, 0.25) is 20.0 Å². The summed E-state index contributed by atoms with van der Waals surface area (Å²) in [6, 6.07) is 2.88. The van der Waals surface area contributed by atoms with Crippen LogP contribution in [0.15, 0.2) is 23.1 Å². The van der Waals surface area contributed by atoms with Crippen molar-refractivity contribution in [3.63, 3.8) is 0 Å². The van der Waals surface area contributed by atoms with Crippen LogP contribution in [0, 0.1) is 5.82 Å². The maximum Gasteiger partial charge on any atom is 0.240 e. The van der Waals surface area contributed by atoms with Crippen LogP contribution in [0.4, 0.5) is 10.1 Å². The Balaban J connectivity index is 3.03. The molecule has 0 atom stereocenters. The maximum absolute atomic E-state index is 13.7. The van der Waals surface area contributed by atoms with Crippen LogP contribution < -0.4 is 15.2 Å². The van der Waals surface area contributed by atoms with Gasteiger partial charge >= 0.3 is 0 Å². The van der Waals surface area contributed by atoms with Crippen LogP contribution in [0.25, 0.3) is 0 Å². The minimum Gasteiger partial charge on any atom is -0.324 e. The molecule has 0 unspecified atom stereocenters. The molecule has 1 aromatic carbocycles. The normalized spacial score (nSPS) is 13.2. The molecule has 7 nitrogen and oxygen atoms in total. The molecule has 1 aromatic rings. The van der Waals surface area contributed by atoms with Crippen molar-refractivity contribution in [3.05, 3.63) is 24.0 Å². The zero-order valence-corrected chi connectivity index (χ0v) is 13.5. The molecule has 21 heavy (non-hydrogen) atoms. The van der Waals surface area contributed by atoms with E-state index in [-0.39, 0.29) is 17.1 Å². The van der Waals surface area contributed by atoms with E-state index in [0.29, 0.717) is 0 Å². The Morgan fingerprint density at radius 1 is 1.24 bits per heavy atom. The molecule has 0 radical (unpaired) electrons. The first-order valence-electron chi connectivity index (χ1n) is 5.86. The summed E-state index contributed by atoms with van der Waals surface area (Å²) in [6.45, 7) is 3.24. The summed E-state index contributed by atoms with van der Waals surface area (Å²) in [7, 11) is -7.57. The molecule has 0 heterocycles. The zero-order valence-electron chi connectivity index (χ0n) is 11.8. The van der Waals surface area contributed by atoms with Gasteiger partial charge in [-0.2, -0.15) is 0 Å². The van der Waals surface area contributed by atoms with Gasteiger partial charge in [0.15, 0.2) is 0 Å². The van der Waals surface area contributed by atoms with Gasteiger partial charge in [-0.1, -0.05) is 0 Å². The van der Waals surface area contributed by atoms with Crippen LogP contribution in [-0.4, -0.2) is 35.2 Å². The highest BCUT2D eigenvalue weighted by Crippen LogP contribution is 2.19. The average Bonchev–Trinajstić information content (AvgIpc) is 2.27. The molecule has 0 fully saturated rings. The van der Waals surface area contributed by atoms with Gasteiger partial charge in [-0.3, -0.25) is 4.72 Å². The molecule has 0 aliphatic carbocycles. The number of halogens is 1. The van der Waals surface area contributed by atoms with Gasteiger partial charge < -0.3 is 5.73 Å². The molecule has 0 saturated carbocycles. The summed E-state index contributed by atoms with van der Waals surface area (Å²) in [4.78, 5) is -0.316. The van der Waals surface area contributed by atoms with Gasteiger partial charge in [-0.15, -0.1) is 0 Å². The van der Waals surface area contributed by atoms with E-state index in [2.05, 4.69) is 4.72 Å². The Morgan fingerprint density at radius 2 is 1.81 bits per heavy atom. The fourth-order valence-corrected chi connectivity index (χ4v) is 3.11. The molecule has 0 bridgehead atoms. The standard InChI is InChI=1S/C11H18FN3O4S2/c1-11(2,13)7-14-21(18,19)8-4-5-10(9(12)6-8)15-20(3,16)17/h4-6,14-15H,7,13H2,1-3H3. The van der Waals surface area contributed by atoms with Crippen LogP contribution in [0.5, 0.6) is 0 Å². The van der Waals surface area contributed by atoms with E-state index in [1.165, 1.54) is 0 Å². The van der Waals surface area contributed by atoms with Gasteiger partial charge in [-0.25, -0.2) is 25.9 Å². The van der Waals surface area contributed by atoms with Crippen LogP contribution in [0.1, 0.15) is 13.8 Å². The molecule has 10 heteroatoms. The summed E-state index contributed by atoms with van der Waals surface area (Å²) >= 11 is 0. The molecule has 0 aliphatic rings. The number of nitrogens with one attached hydrogen (secondary N) is 2. The lowest BCUT2D eigenvalue weighted by molar-refractivity contribution is 0.497. The van der Waals surface area contributed by atoms with Gasteiger partial charge in [0.1, 0.15) is 5.82 Å². The van der Waals surface area contributed by atoms with Crippen molar-refractivity contribution in [2.24, 2.45) is 5.73 Å². The third kappa shape index (κ3) is 5.96. The molecule has 120 valence electrons. The van der Waals surface area contributed by atoms with E-state index < -0.39 is 31.4 Å². The number of nitrogens with two attached hydrogens (primary N) is 1. The highest BCUT2D eigenvalue weighted by molar-refractivity contribution is 7.92. The van der Waals surface area contributed by atoms with Crippen LogP contribution >= 0.6 is 0 Å². The Morgan fingerprint density at radius 3 is 2.24 bits per heavy atom. The summed E-state index contributed by atoms with van der Waals surface area (Å²) < 4.78 is 63.9. The molecule has 4 N–H and O–H groups in total. The zero-order chi connectivity index (χ0) is 16.5. The summed E-state index contributed by atoms with van der Waals surface area (Å²) in [5.41, 5.74) is 4.58. The topological polar surface area (TPSA) is 118 Å². The summed E-state index contributed by atoms with van der Waals surface area (Å²) in [6.07, 6.45) is 0.863. The number of benzene rings is 1. The number of sulfonamides is 2. The lowest BCUT2D eigenvalue weighted by Gasteiger charge is -2.19. The average molecular weight is 339 g/mol. The first-order chi connectivity index (χ1) is 9.30. The fraction of sp³-hybridized carbons (Fsp3) is 0.455.